The summed E-state index contributed by atoms with van der Waals surface area (Å²) < 4.78 is 35.7. The molecule has 0 unspecified atom stereocenters. The Kier molecular flexibility index (Phi) is 4.36. The SMILES string of the molecule is Nc1cc(C(F)F)ccc1OCC1CCOCC1. The van der Waals surface area contributed by atoms with Crippen molar-refractivity contribution in [3.63, 3.8) is 0 Å². The molecular weight excluding hydrogens is 240 g/mol. The summed E-state index contributed by atoms with van der Waals surface area (Å²) in [7, 11) is 0. The predicted molar refractivity (Wildman–Crippen MR) is 64.8 cm³/mol. The maximum atomic E-state index is 12.4. The summed E-state index contributed by atoms with van der Waals surface area (Å²) in [6, 6.07) is 4.13. The monoisotopic (exact) mass is 257 g/mol. The minimum atomic E-state index is -2.50. The molecule has 0 radical (unpaired) electrons. The molecule has 2 rings (SSSR count). The fourth-order valence-corrected chi connectivity index (χ4v) is 1.95. The summed E-state index contributed by atoms with van der Waals surface area (Å²) in [5.41, 5.74) is 5.88. The second-order valence-corrected chi connectivity index (χ2v) is 4.46. The van der Waals surface area contributed by atoms with Crippen LogP contribution in [0.4, 0.5) is 14.5 Å². The Hall–Kier alpha value is -1.36. The number of hydrogen-bond donors (Lipinski definition) is 1. The highest BCUT2D eigenvalue weighted by Gasteiger charge is 2.15. The van der Waals surface area contributed by atoms with Gasteiger partial charge in [0.05, 0.1) is 12.3 Å². The van der Waals surface area contributed by atoms with E-state index in [4.69, 9.17) is 15.2 Å². The first kappa shape index (κ1) is 13.1. The van der Waals surface area contributed by atoms with Crippen LogP contribution < -0.4 is 10.5 Å². The maximum absolute atomic E-state index is 12.4. The van der Waals surface area contributed by atoms with Crippen LogP contribution in [0.15, 0.2) is 18.2 Å². The Balaban J connectivity index is 1.92. The molecule has 0 saturated carbocycles. The molecule has 0 aliphatic carbocycles. The van der Waals surface area contributed by atoms with Crippen molar-refractivity contribution in [1.29, 1.82) is 0 Å². The van der Waals surface area contributed by atoms with Gasteiger partial charge in [0.1, 0.15) is 5.75 Å². The van der Waals surface area contributed by atoms with E-state index >= 15 is 0 Å². The first-order chi connectivity index (χ1) is 8.66. The summed E-state index contributed by atoms with van der Waals surface area (Å²) in [5, 5.41) is 0. The quantitative estimate of drug-likeness (QED) is 0.843. The lowest BCUT2D eigenvalue weighted by Gasteiger charge is -2.22. The third-order valence-electron chi connectivity index (χ3n) is 3.10. The lowest BCUT2D eigenvalue weighted by molar-refractivity contribution is 0.0498. The molecule has 1 heterocycles. The van der Waals surface area contributed by atoms with E-state index in [-0.39, 0.29) is 11.3 Å². The first-order valence-electron chi connectivity index (χ1n) is 6.05. The molecule has 0 atom stereocenters. The van der Waals surface area contributed by atoms with Crippen LogP contribution in [0.2, 0.25) is 0 Å². The molecule has 2 N–H and O–H groups in total. The van der Waals surface area contributed by atoms with Gasteiger partial charge in [0, 0.05) is 18.8 Å². The average Bonchev–Trinajstić information content (AvgIpc) is 2.38. The standard InChI is InChI=1S/C13H17F2NO2/c14-13(15)10-1-2-12(11(16)7-10)18-8-9-3-5-17-6-4-9/h1-2,7,9,13H,3-6,8,16H2. The zero-order chi connectivity index (χ0) is 13.0. The lowest BCUT2D eigenvalue weighted by Crippen LogP contribution is -2.21. The van der Waals surface area contributed by atoms with E-state index in [9.17, 15) is 8.78 Å². The molecule has 1 aliphatic rings. The highest BCUT2D eigenvalue weighted by molar-refractivity contribution is 5.54. The third-order valence-corrected chi connectivity index (χ3v) is 3.10. The number of nitrogen functional groups attached to an aromatic ring is 1. The van der Waals surface area contributed by atoms with Crippen LogP contribution in [-0.4, -0.2) is 19.8 Å². The smallest absolute Gasteiger partial charge is 0.263 e. The van der Waals surface area contributed by atoms with Crippen molar-refractivity contribution in [2.24, 2.45) is 5.92 Å². The van der Waals surface area contributed by atoms with E-state index in [0.717, 1.165) is 26.1 Å². The minimum Gasteiger partial charge on any atom is -0.491 e. The molecule has 0 spiro atoms. The number of benzene rings is 1. The first-order valence-corrected chi connectivity index (χ1v) is 6.05. The molecule has 100 valence electrons. The van der Waals surface area contributed by atoms with Gasteiger partial charge in [-0.15, -0.1) is 0 Å². The number of hydrogen-bond acceptors (Lipinski definition) is 3. The number of halogens is 2. The summed E-state index contributed by atoms with van der Waals surface area (Å²) in [5.74, 6) is 0.929. The normalized spacial score (nSPS) is 17.1. The third kappa shape index (κ3) is 3.32. The van der Waals surface area contributed by atoms with Crippen molar-refractivity contribution in [3.8, 4) is 5.75 Å². The zero-order valence-electron chi connectivity index (χ0n) is 10.1. The predicted octanol–water partition coefficient (Wildman–Crippen LogP) is 3.01. The Morgan fingerprint density at radius 1 is 1.33 bits per heavy atom. The molecule has 18 heavy (non-hydrogen) atoms. The summed E-state index contributed by atoms with van der Waals surface area (Å²) in [6.07, 6.45) is -0.568. The fraction of sp³-hybridized carbons (Fsp3) is 0.538. The Bertz CT molecular complexity index is 393. The zero-order valence-corrected chi connectivity index (χ0v) is 10.1. The van der Waals surface area contributed by atoms with E-state index < -0.39 is 6.43 Å². The van der Waals surface area contributed by atoms with Crippen molar-refractivity contribution in [1.82, 2.24) is 0 Å². The number of anilines is 1. The van der Waals surface area contributed by atoms with Crippen LogP contribution in [0.25, 0.3) is 0 Å². The number of alkyl halides is 2. The van der Waals surface area contributed by atoms with Crippen LogP contribution in [0.1, 0.15) is 24.8 Å². The van der Waals surface area contributed by atoms with Crippen LogP contribution in [0.5, 0.6) is 5.75 Å². The topological polar surface area (TPSA) is 44.5 Å². The lowest BCUT2D eigenvalue weighted by atomic mass is 10.0. The van der Waals surface area contributed by atoms with Crippen molar-refractivity contribution in [2.75, 3.05) is 25.6 Å². The minimum absolute atomic E-state index is 0.0779. The molecule has 1 aromatic carbocycles. The van der Waals surface area contributed by atoms with E-state index in [0.29, 0.717) is 18.3 Å². The molecule has 0 bridgehead atoms. The summed E-state index contributed by atoms with van der Waals surface area (Å²) in [4.78, 5) is 0. The van der Waals surface area contributed by atoms with E-state index in [2.05, 4.69) is 0 Å². The van der Waals surface area contributed by atoms with E-state index in [1.807, 2.05) is 0 Å². The molecule has 1 aliphatic heterocycles. The largest absolute Gasteiger partial charge is 0.491 e. The summed E-state index contributed by atoms with van der Waals surface area (Å²) >= 11 is 0. The Labute approximate surface area is 105 Å². The second kappa shape index (κ2) is 6.00. The molecule has 0 amide bonds. The van der Waals surface area contributed by atoms with Gasteiger partial charge in [-0.2, -0.15) is 0 Å². The van der Waals surface area contributed by atoms with Gasteiger partial charge in [-0.3, -0.25) is 0 Å². The Morgan fingerprint density at radius 3 is 2.67 bits per heavy atom. The van der Waals surface area contributed by atoms with Crippen molar-refractivity contribution in [3.05, 3.63) is 23.8 Å². The highest BCUT2D eigenvalue weighted by atomic mass is 19.3. The molecule has 1 fully saturated rings. The number of ether oxygens (including phenoxy) is 2. The Morgan fingerprint density at radius 2 is 2.06 bits per heavy atom. The van der Waals surface area contributed by atoms with Gasteiger partial charge < -0.3 is 15.2 Å². The van der Waals surface area contributed by atoms with Crippen LogP contribution >= 0.6 is 0 Å². The van der Waals surface area contributed by atoms with Crippen molar-refractivity contribution < 1.29 is 18.3 Å². The van der Waals surface area contributed by atoms with Crippen molar-refractivity contribution in [2.45, 2.75) is 19.3 Å². The molecule has 3 nitrogen and oxygen atoms in total. The fourth-order valence-electron chi connectivity index (χ4n) is 1.95. The van der Waals surface area contributed by atoms with Gasteiger partial charge in [0.15, 0.2) is 0 Å². The molecule has 1 saturated heterocycles. The van der Waals surface area contributed by atoms with Crippen LogP contribution in [-0.2, 0) is 4.74 Å². The second-order valence-electron chi connectivity index (χ2n) is 4.46. The van der Waals surface area contributed by atoms with Gasteiger partial charge >= 0.3 is 0 Å². The van der Waals surface area contributed by atoms with E-state index in [1.165, 1.54) is 18.2 Å². The van der Waals surface area contributed by atoms with Crippen molar-refractivity contribution >= 4 is 5.69 Å². The van der Waals surface area contributed by atoms with Gasteiger partial charge in [0.2, 0.25) is 0 Å². The van der Waals surface area contributed by atoms with Crippen LogP contribution in [0.3, 0.4) is 0 Å². The highest BCUT2D eigenvalue weighted by Crippen LogP contribution is 2.28. The van der Waals surface area contributed by atoms with Gasteiger partial charge in [-0.25, -0.2) is 8.78 Å². The average molecular weight is 257 g/mol. The molecular formula is C13H17F2NO2. The number of rotatable bonds is 4. The number of nitrogens with two attached hydrogens (primary N) is 1. The van der Waals surface area contributed by atoms with Gasteiger partial charge in [-0.1, -0.05) is 0 Å². The van der Waals surface area contributed by atoms with E-state index in [1.54, 1.807) is 0 Å². The molecule has 5 heteroatoms. The summed E-state index contributed by atoms with van der Waals surface area (Å²) in [6.45, 7) is 2.07. The maximum Gasteiger partial charge on any atom is 0.263 e. The van der Waals surface area contributed by atoms with Gasteiger partial charge in [-0.05, 0) is 37.0 Å². The molecule has 1 aromatic rings. The molecule has 0 aromatic heterocycles. The van der Waals surface area contributed by atoms with Gasteiger partial charge in [0.25, 0.3) is 6.43 Å². The van der Waals surface area contributed by atoms with Crippen LogP contribution in [0, 0.1) is 5.92 Å².